The number of aryl methyl sites for hydroxylation is 1. The number of rotatable bonds is 5. The second kappa shape index (κ2) is 7.54. The number of nitrogens with two attached hydrogens (primary N) is 1. The molecule has 2 bridgehead atoms. The summed E-state index contributed by atoms with van der Waals surface area (Å²) in [6.07, 6.45) is 3.43. The lowest BCUT2D eigenvalue weighted by atomic mass is 9.84. The molecule has 0 spiro atoms. The van der Waals surface area contributed by atoms with Crippen LogP contribution in [0.4, 0.5) is 0 Å². The number of hydrogen-bond donors (Lipinski definition) is 2. The summed E-state index contributed by atoms with van der Waals surface area (Å²) in [5.74, 6) is 2.04. The monoisotopic (exact) mass is 338 g/mol. The molecule has 23 heavy (non-hydrogen) atoms. The molecule has 0 aliphatic heterocycles. The van der Waals surface area contributed by atoms with Crippen molar-refractivity contribution in [3.05, 3.63) is 29.8 Å². The van der Waals surface area contributed by atoms with Crippen molar-refractivity contribution in [2.45, 2.75) is 45.3 Å². The lowest BCUT2D eigenvalue weighted by molar-refractivity contribution is -0.127. The van der Waals surface area contributed by atoms with E-state index in [-0.39, 0.29) is 36.4 Å². The van der Waals surface area contributed by atoms with E-state index in [0.717, 1.165) is 24.2 Å². The Kier molecular flexibility index (Phi) is 5.93. The van der Waals surface area contributed by atoms with E-state index in [0.29, 0.717) is 18.4 Å². The van der Waals surface area contributed by atoms with Crippen molar-refractivity contribution in [1.82, 2.24) is 5.32 Å². The molecule has 1 aromatic carbocycles. The Hall–Kier alpha value is -1.26. The molecular formula is C18H27ClN2O2. The Balaban J connectivity index is 0.00000192. The predicted molar refractivity (Wildman–Crippen MR) is 93.8 cm³/mol. The second-order valence-corrected chi connectivity index (χ2v) is 6.88. The quantitative estimate of drug-likeness (QED) is 0.867. The summed E-state index contributed by atoms with van der Waals surface area (Å²) in [7, 11) is 0. The molecule has 1 aromatic rings. The molecule has 5 unspecified atom stereocenters. The minimum atomic E-state index is -0.0557. The van der Waals surface area contributed by atoms with Crippen molar-refractivity contribution in [3.8, 4) is 5.75 Å². The highest BCUT2D eigenvalue weighted by Gasteiger charge is 2.48. The third-order valence-corrected chi connectivity index (χ3v) is 5.27. The minimum absolute atomic E-state index is 0. The van der Waals surface area contributed by atoms with Crippen molar-refractivity contribution in [2.24, 2.45) is 23.5 Å². The zero-order valence-electron chi connectivity index (χ0n) is 13.8. The SMILES string of the molecule is Cc1ccccc1OC(C)CNC(=O)C1C2CCC(C2)C1N.Cl. The molecule has 2 saturated carbocycles. The van der Waals surface area contributed by atoms with E-state index < -0.39 is 0 Å². The molecule has 1 amide bonds. The van der Waals surface area contributed by atoms with Crippen LogP contribution in [0.2, 0.25) is 0 Å². The van der Waals surface area contributed by atoms with Gasteiger partial charge in [0.1, 0.15) is 11.9 Å². The van der Waals surface area contributed by atoms with Crippen molar-refractivity contribution in [2.75, 3.05) is 6.54 Å². The first-order valence-corrected chi connectivity index (χ1v) is 8.32. The van der Waals surface area contributed by atoms with E-state index in [1.54, 1.807) is 0 Å². The Morgan fingerprint density at radius 3 is 2.70 bits per heavy atom. The predicted octanol–water partition coefficient (Wildman–Crippen LogP) is 2.67. The highest BCUT2D eigenvalue weighted by molar-refractivity contribution is 5.85. The van der Waals surface area contributed by atoms with Gasteiger partial charge in [0, 0.05) is 6.04 Å². The highest BCUT2D eigenvalue weighted by Crippen LogP contribution is 2.47. The third-order valence-electron chi connectivity index (χ3n) is 5.27. The Morgan fingerprint density at radius 1 is 1.35 bits per heavy atom. The molecule has 0 heterocycles. The number of benzene rings is 1. The van der Waals surface area contributed by atoms with Crippen LogP contribution in [-0.2, 0) is 4.79 Å². The van der Waals surface area contributed by atoms with Crippen LogP contribution in [0.15, 0.2) is 24.3 Å². The van der Waals surface area contributed by atoms with Gasteiger partial charge in [-0.05, 0) is 56.6 Å². The van der Waals surface area contributed by atoms with Crippen LogP contribution >= 0.6 is 12.4 Å². The van der Waals surface area contributed by atoms with Gasteiger partial charge in [-0.15, -0.1) is 12.4 Å². The first-order chi connectivity index (χ1) is 10.6. The molecule has 2 fully saturated rings. The maximum Gasteiger partial charge on any atom is 0.225 e. The maximum absolute atomic E-state index is 12.4. The molecule has 3 N–H and O–H groups in total. The molecule has 0 saturated heterocycles. The van der Waals surface area contributed by atoms with E-state index >= 15 is 0 Å². The summed E-state index contributed by atoms with van der Waals surface area (Å²) >= 11 is 0. The standard InChI is InChI=1S/C18H26N2O2.ClH/c1-11-5-3-4-6-15(11)22-12(2)10-20-18(21)16-13-7-8-14(9-13)17(16)19;/h3-6,12-14,16-17H,7-10,19H2,1-2H3,(H,20,21);1H. The van der Waals surface area contributed by atoms with Crippen molar-refractivity contribution in [1.29, 1.82) is 0 Å². The van der Waals surface area contributed by atoms with Gasteiger partial charge >= 0.3 is 0 Å². The molecular weight excluding hydrogens is 312 g/mol. The number of nitrogens with one attached hydrogen (secondary N) is 1. The number of hydrogen-bond acceptors (Lipinski definition) is 3. The normalized spacial score (nSPS) is 29.7. The number of para-hydroxylation sites is 1. The molecule has 2 aliphatic carbocycles. The van der Waals surface area contributed by atoms with Gasteiger partial charge in [0.25, 0.3) is 0 Å². The first-order valence-electron chi connectivity index (χ1n) is 8.32. The number of halogens is 1. The Bertz CT molecular complexity index is 550. The topological polar surface area (TPSA) is 64.3 Å². The summed E-state index contributed by atoms with van der Waals surface area (Å²) < 4.78 is 5.90. The van der Waals surface area contributed by atoms with E-state index in [1.165, 1.54) is 6.42 Å². The van der Waals surface area contributed by atoms with Gasteiger partial charge < -0.3 is 15.8 Å². The number of carbonyl (C=O) groups excluding carboxylic acids is 1. The largest absolute Gasteiger partial charge is 0.489 e. The summed E-state index contributed by atoms with van der Waals surface area (Å²) in [6.45, 7) is 4.52. The van der Waals surface area contributed by atoms with Crippen molar-refractivity contribution < 1.29 is 9.53 Å². The average molecular weight is 339 g/mol. The Morgan fingerprint density at radius 2 is 2.04 bits per heavy atom. The zero-order valence-corrected chi connectivity index (χ0v) is 14.6. The van der Waals surface area contributed by atoms with E-state index in [9.17, 15) is 4.79 Å². The third kappa shape index (κ3) is 3.81. The maximum atomic E-state index is 12.4. The van der Waals surface area contributed by atoms with E-state index in [1.807, 2.05) is 38.1 Å². The van der Waals surface area contributed by atoms with Crippen molar-refractivity contribution >= 4 is 18.3 Å². The minimum Gasteiger partial charge on any atom is -0.489 e. The molecule has 5 atom stereocenters. The summed E-state index contributed by atoms with van der Waals surface area (Å²) in [4.78, 5) is 12.4. The fourth-order valence-electron chi connectivity index (χ4n) is 4.03. The van der Waals surface area contributed by atoms with Gasteiger partial charge in [-0.2, -0.15) is 0 Å². The summed E-state index contributed by atoms with van der Waals surface area (Å²) in [5, 5.41) is 3.04. The second-order valence-electron chi connectivity index (χ2n) is 6.88. The molecule has 4 nitrogen and oxygen atoms in total. The van der Waals surface area contributed by atoms with Crippen LogP contribution < -0.4 is 15.8 Å². The van der Waals surface area contributed by atoms with Crippen LogP contribution in [-0.4, -0.2) is 24.6 Å². The van der Waals surface area contributed by atoms with Crippen LogP contribution in [0.5, 0.6) is 5.75 Å². The number of fused-ring (bicyclic) bond motifs is 2. The lowest BCUT2D eigenvalue weighted by Crippen LogP contribution is -2.47. The number of ether oxygens (including phenoxy) is 1. The highest BCUT2D eigenvalue weighted by atomic mass is 35.5. The lowest BCUT2D eigenvalue weighted by Gasteiger charge is -2.27. The summed E-state index contributed by atoms with van der Waals surface area (Å²) in [5.41, 5.74) is 7.33. The Labute approximate surface area is 144 Å². The van der Waals surface area contributed by atoms with Gasteiger partial charge in [-0.1, -0.05) is 18.2 Å². The van der Waals surface area contributed by atoms with E-state index in [2.05, 4.69) is 5.32 Å². The van der Waals surface area contributed by atoms with Crippen LogP contribution in [0.3, 0.4) is 0 Å². The van der Waals surface area contributed by atoms with E-state index in [4.69, 9.17) is 10.5 Å². The van der Waals surface area contributed by atoms with Gasteiger partial charge in [0.2, 0.25) is 5.91 Å². The zero-order chi connectivity index (χ0) is 15.7. The molecule has 3 rings (SSSR count). The number of carbonyl (C=O) groups is 1. The summed E-state index contributed by atoms with van der Waals surface area (Å²) in [6, 6.07) is 7.98. The van der Waals surface area contributed by atoms with Crippen LogP contribution in [0.25, 0.3) is 0 Å². The van der Waals surface area contributed by atoms with Gasteiger partial charge in [-0.3, -0.25) is 4.79 Å². The average Bonchev–Trinajstić information content (AvgIpc) is 3.08. The molecule has 128 valence electrons. The van der Waals surface area contributed by atoms with Gasteiger partial charge in [0.05, 0.1) is 12.5 Å². The fraction of sp³-hybridized carbons (Fsp3) is 0.611. The van der Waals surface area contributed by atoms with Crippen molar-refractivity contribution in [3.63, 3.8) is 0 Å². The first kappa shape index (κ1) is 18.1. The molecule has 0 aromatic heterocycles. The van der Waals surface area contributed by atoms with Crippen LogP contribution in [0, 0.1) is 24.7 Å². The molecule has 0 radical (unpaired) electrons. The molecule has 2 aliphatic rings. The fourth-order valence-corrected chi connectivity index (χ4v) is 4.03. The van der Waals surface area contributed by atoms with Gasteiger partial charge in [-0.25, -0.2) is 0 Å². The number of amides is 1. The van der Waals surface area contributed by atoms with Crippen LogP contribution in [0.1, 0.15) is 31.7 Å². The van der Waals surface area contributed by atoms with Gasteiger partial charge in [0.15, 0.2) is 0 Å². The molecule has 5 heteroatoms. The smallest absolute Gasteiger partial charge is 0.225 e.